The van der Waals surface area contributed by atoms with Crippen LogP contribution in [-0.4, -0.2) is 41.7 Å². The van der Waals surface area contributed by atoms with E-state index < -0.39 is 5.97 Å². The normalized spacial score (nSPS) is 25.8. The van der Waals surface area contributed by atoms with Gasteiger partial charge in [0.25, 0.3) is 0 Å². The molecule has 0 aromatic carbocycles. The summed E-state index contributed by atoms with van der Waals surface area (Å²) < 4.78 is 0. The molecule has 80 valence electrons. The van der Waals surface area contributed by atoms with Crippen LogP contribution in [0.3, 0.4) is 0 Å². The molecule has 2 aliphatic rings. The lowest BCUT2D eigenvalue weighted by atomic mass is 9.61. The summed E-state index contributed by atoms with van der Waals surface area (Å²) in [6, 6.07) is 0.427. The number of likely N-dealkylation sites (tertiary alicyclic amines) is 1. The maximum absolute atomic E-state index is 10.3. The number of rotatable bonds is 4. The Hall–Kier alpha value is -0.610. The van der Waals surface area contributed by atoms with E-state index in [0.717, 1.165) is 26.1 Å². The van der Waals surface area contributed by atoms with Crippen LogP contribution in [0.2, 0.25) is 0 Å². The van der Waals surface area contributed by atoms with Crippen LogP contribution in [0.1, 0.15) is 25.7 Å². The zero-order valence-electron chi connectivity index (χ0n) is 8.41. The van der Waals surface area contributed by atoms with Gasteiger partial charge in [-0.2, -0.15) is 0 Å². The molecular formula is C10H18N2O2. The largest absolute Gasteiger partial charge is 0.481 e. The predicted octanol–water partition coefficient (Wildman–Crippen LogP) is 0.274. The molecule has 0 bridgehead atoms. The summed E-state index contributed by atoms with van der Waals surface area (Å²) in [5, 5.41) is 8.48. The highest BCUT2D eigenvalue weighted by molar-refractivity contribution is 5.66. The van der Waals surface area contributed by atoms with Gasteiger partial charge in [0, 0.05) is 25.6 Å². The number of carboxylic acids is 1. The summed E-state index contributed by atoms with van der Waals surface area (Å²) in [7, 11) is 0. The lowest BCUT2D eigenvalue weighted by molar-refractivity contribution is -0.137. The van der Waals surface area contributed by atoms with Gasteiger partial charge in [-0.15, -0.1) is 0 Å². The van der Waals surface area contributed by atoms with E-state index in [0.29, 0.717) is 17.9 Å². The van der Waals surface area contributed by atoms with Gasteiger partial charge in [-0.25, -0.2) is 0 Å². The van der Waals surface area contributed by atoms with Crippen molar-refractivity contribution in [1.29, 1.82) is 0 Å². The van der Waals surface area contributed by atoms with Crippen LogP contribution in [0, 0.1) is 5.41 Å². The van der Waals surface area contributed by atoms with Gasteiger partial charge in [-0.1, -0.05) is 0 Å². The predicted molar refractivity (Wildman–Crippen MR) is 53.0 cm³/mol. The molecule has 4 nitrogen and oxygen atoms in total. The quantitative estimate of drug-likeness (QED) is 0.680. The Bertz CT molecular complexity index is 228. The van der Waals surface area contributed by atoms with Crippen LogP contribution in [0.25, 0.3) is 0 Å². The van der Waals surface area contributed by atoms with Crippen molar-refractivity contribution in [2.24, 2.45) is 11.1 Å². The minimum absolute atomic E-state index is 0.295. The van der Waals surface area contributed by atoms with Crippen LogP contribution in [0.5, 0.6) is 0 Å². The van der Waals surface area contributed by atoms with Crippen molar-refractivity contribution < 1.29 is 9.90 Å². The second-order valence-corrected chi connectivity index (χ2v) is 4.88. The van der Waals surface area contributed by atoms with Crippen molar-refractivity contribution in [3.05, 3.63) is 0 Å². The Morgan fingerprint density at radius 1 is 1.50 bits per heavy atom. The fourth-order valence-corrected chi connectivity index (χ4v) is 2.83. The van der Waals surface area contributed by atoms with Crippen molar-refractivity contribution in [3.8, 4) is 0 Å². The van der Waals surface area contributed by atoms with Crippen LogP contribution in [0.15, 0.2) is 0 Å². The molecule has 0 atom stereocenters. The van der Waals surface area contributed by atoms with Gasteiger partial charge in [0.1, 0.15) is 0 Å². The van der Waals surface area contributed by atoms with Crippen molar-refractivity contribution in [1.82, 2.24) is 4.90 Å². The van der Waals surface area contributed by atoms with E-state index >= 15 is 0 Å². The zero-order valence-corrected chi connectivity index (χ0v) is 8.41. The highest BCUT2D eigenvalue weighted by Gasteiger charge is 2.50. The maximum Gasteiger partial charge on any atom is 0.303 e. The third kappa shape index (κ3) is 1.91. The van der Waals surface area contributed by atoms with Gasteiger partial charge in [-0.3, -0.25) is 4.79 Å². The summed E-state index contributed by atoms with van der Waals surface area (Å²) in [6.45, 7) is 3.21. The summed E-state index contributed by atoms with van der Waals surface area (Å²) in [5.74, 6) is -0.689. The van der Waals surface area contributed by atoms with E-state index in [9.17, 15) is 4.79 Å². The monoisotopic (exact) mass is 198 g/mol. The van der Waals surface area contributed by atoms with Gasteiger partial charge < -0.3 is 15.7 Å². The number of hydrogen-bond acceptors (Lipinski definition) is 3. The first kappa shape index (κ1) is 9.93. The Balaban J connectivity index is 1.57. The lowest BCUT2D eigenvalue weighted by Crippen LogP contribution is -2.65. The van der Waals surface area contributed by atoms with Crippen LogP contribution < -0.4 is 5.73 Å². The summed E-state index contributed by atoms with van der Waals surface area (Å²) in [5.41, 5.74) is 6.28. The molecule has 2 fully saturated rings. The smallest absolute Gasteiger partial charge is 0.303 e. The van der Waals surface area contributed by atoms with Crippen LogP contribution in [0.4, 0.5) is 0 Å². The average molecular weight is 198 g/mol. The molecule has 1 saturated heterocycles. The van der Waals surface area contributed by atoms with E-state index in [-0.39, 0.29) is 0 Å². The molecule has 14 heavy (non-hydrogen) atoms. The second kappa shape index (κ2) is 3.51. The van der Waals surface area contributed by atoms with Crippen molar-refractivity contribution in [2.75, 3.05) is 19.6 Å². The lowest BCUT2D eigenvalue weighted by Gasteiger charge is -2.58. The Morgan fingerprint density at radius 3 is 2.64 bits per heavy atom. The molecule has 0 aromatic rings. The molecule has 0 unspecified atom stereocenters. The van der Waals surface area contributed by atoms with Gasteiger partial charge in [0.05, 0.1) is 0 Å². The van der Waals surface area contributed by atoms with Gasteiger partial charge in [0.2, 0.25) is 0 Å². The minimum atomic E-state index is -0.689. The van der Waals surface area contributed by atoms with Gasteiger partial charge in [-0.05, 0) is 31.2 Å². The molecule has 3 N–H and O–H groups in total. The highest BCUT2D eigenvalue weighted by Crippen LogP contribution is 2.47. The first-order valence-corrected chi connectivity index (χ1v) is 5.29. The number of nitrogens with two attached hydrogens (primary N) is 1. The number of nitrogens with zero attached hydrogens (tertiary/aromatic N) is 1. The molecule has 1 aliphatic heterocycles. The van der Waals surface area contributed by atoms with Crippen LogP contribution >= 0.6 is 0 Å². The first-order valence-electron chi connectivity index (χ1n) is 5.29. The zero-order chi connectivity index (χ0) is 10.2. The van der Waals surface area contributed by atoms with Crippen molar-refractivity contribution >= 4 is 5.97 Å². The van der Waals surface area contributed by atoms with E-state index in [4.69, 9.17) is 10.8 Å². The fourth-order valence-electron chi connectivity index (χ4n) is 2.83. The van der Waals surface area contributed by atoms with Gasteiger partial charge >= 0.3 is 5.97 Å². The summed E-state index contributed by atoms with van der Waals surface area (Å²) in [4.78, 5) is 12.6. The summed E-state index contributed by atoms with van der Waals surface area (Å²) >= 11 is 0. The molecule has 1 aliphatic carbocycles. The average Bonchev–Trinajstić information content (AvgIpc) is 1.96. The van der Waals surface area contributed by atoms with Crippen LogP contribution in [-0.2, 0) is 4.79 Å². The third-order valence-corrected chi connectivity index (χ3v) is 3.37. The third-order valence-electron chi connectivity index (χ3n) is 3.37. The van der Waals surface area contributed by atoms with E-state index in [1.165, 1.54) is 12.8 Å². The molecule has 0 amide bonds. The second-order valence-electron chi connectivity index (χ2n) is 4.88. The standard InChI is InChI=1S/C10H18N2O2/c11-8-4-10(5-8)6-12(7-10)3-1-2-9(13)14/h8H,1-7,11H2,(H,13,14). The fraction of sp³-hybridized carbons (Fsp3) is 0.900. The Labute approximate surface area is 84.1 Å². The van der Waals surface area contributed by atoms with Gasteiger partial charge in [0.15, 0.2) is 0 Å². The van der Waals surface area contributed by atoms with E-state index in [1.54, 1.807) is 0 Å². The topological polar surface area (TPSA) is 66.6 Å². The van der Waals surface area contributed by atoms with Crippen molar-refractivity contribution in [3.63, 3.8) is 0 Å². The number of carbonyl (C=O) groups is 1. The minimum Gasteiger partial charge on any atom is -0.481 e. The molecule has 4 heteroatoms. The maximum atomic E-state index is 10.3. The number of hydrogen-bond donors (Lipinski definition) is 2. The van der Waals surface area contributed by atoms with E-state index in [2.05, 4.69) is 4.90 Å². The molecule has 2 rings (SSSR count). The molecule has 0 aromatic heterocycles. The molecule has 1 spiro atoms. The van der Waals surface area contributed by atoms with E-state index in [1.807, 2.05) is 0 Å². The molecular weight excluding hydrogens is 180 g/mol. The Morgan fingerprint density at radius 2 is 2.14 bits per heavy atom. The SMILES string of the molecule is NC1CC2(C1)CN(CCCC(=O)O)C2. The summed E-state index contributed by atoms with van der Waals surface area (Å²) in [6.07, 6.45) is 3.41. The Kier molecular flexibility index (Phi) is 2.49. The van der Waals surface area contributed by atoms with Crippen molar-refractivity contribution in [2.45, 2.75) is 31.7 Å². The molecule has 0 radical (unpaired) electrons. The highest BCUT2D eigenvalue weighted by atomic mass is 16.4. The molecule has 1 heterocycles. The number of carboxylic acid groups (broad SMARTS) is 1. The first-order chi connectivity index (χ1) is 6.60. The molecule has 1 saturated carbocycles. The number of aliphatic carboxylic acids is 1.